The first kappa shape index (κ1) is 12.8. The Kier molecular flexibility index (Phi) is 3.79. The molecule has 0 unspecified atom stereocenters. The van der Waals surface area contributed by atoms with Crippen molar-refractivity contribution in [1.29, 1.82) is 0 Å². The molecule has 0 aliphatic carbocycles. The molecule has 1 heterocycles. The van der Waals surface area contributed by atoms with Crippen molar-refractivity contribution >= 4 is 23.1 Å². The van der Waals surface area contributed by atoms with Crippen LogP contribution in [0.15, 0.2) is 36.5 Å². The molecule has 0 saturated heterocycles. The van der Waals surface area contributed by atoms with Gasteiger partial charge < -0.3 is 10.0 Å². The maximum absolute atomic E-state index is 12.8. The van der Waals surface area contributed by atoms with Crippen molar-refractivity contribution < 1.29 is 9.50 Å². The summed E-state index contributed by atoms with van der Waals surface area (Å²) in [5.74, 6) is 0.266. The molecule has 3 nitrogen and oxygen atoms in total. The summed E-state index contributed by atoms with van der Waals surface area (Å²) in [5.41, 5.74) is 1.43. The van der Waals surface area contributed by atoms with E-state index >= 15 is 0 Å². The van der Waals surface area contributed by atoms with Crippen LogP contribution in [0.2, 0.25) is 5.02 Å². The summed E-state index contributed by atoms with van der Waals surface area (Å²) in [6.45, 7) is -0.104. The Morgan fingerprint density at radius 2 is 2.00 bits per heavy atom. The summed E-state index contributed by atoms with van der Waals surface area (Å²) in [7, 11) is 1.79. The number of halogens is 2. The zero-order valence-corrected chi connectivity index (χ0v) is 10.5. The van der Waals surface area contributed by atoms with Gasteiger partial charge in [0.1, 0.15) is 5.82 Å². The number of aromatic nitrogens is 1. The van der Waals surface area contributed by atoms with Gasteiger partial charge >= 0.3 is 0 Å². The topological polar surface area (TPSA) is 36.4 Å². The van der Waals surface area contributed by atoms with Gasteiger partial charge in [-0.3, -0.25) is 0 Å². The van der Waals surface area contributed by atoms with E-state index in [4.69, 9.17) is 16.7 Å². The van der Waals surface area contributed by atoms with E-state index in [1.54, 1.807) is 36.3 Å². The molecule has 0 radical (unpaired) electrons. The first-order valence-corrected chi connectivity index (χ1v) is 5.74. The van der Waals surface area contributed by atoms with Crippen LogP contribution in [-0.2, 0) is 6.61 Å². The predicted octanol–water partition coefficient (Wildman–Crippen LogP) is 3.13. The number of benzene rings is 1. The third-order valence-electron chi connectivity index (χ3n) is 2.59. The Hall–Kier alpha value is -1.65. The molecule has 0 fully saturated rings. The molecule has 94 valence electrons. The number of pyridine rings is 1. The van der Waals surface area contributed by atoms with E-state index < -0.39 is 0 Å². The predicted molar refractivity (Wildman–Crippen MR) is 69.6 cm³/mol. The van der Waals surface area contributed by atoms with Crippen LogP contribution in [0, 0.1) is 5.82 Å². The molecule has 0 amide bonds. The van der Waals surface area contributed by atoms with Gasteiger partial charge in [0, 0.05) is 18.9 Å². The van der Waals surface area contributed by atoms with Crippen LogP contribution in [0.1, 0.15) is 5.56 Å². The van der Waals surface area contributed by atoms with Crippen LogP contribution in [-0.4, -0.2) is 17.1 Å². The van der Waals surface area contributed by atoms with E-state index in [0.29, 0.717) is 16.4 Å². The van der Waals surface area contributed by atoms with Gasteiger partial charge in [0.25, 0.3) is 0 Å². The van der Waals surface area contributed by atoms with Gasteiger partial charge in [0.15, 0.2) is 5.82 Å². The Morgan fingerprint density at radius 1 is 1.33 bits per heavy atom. The Morgan fingerprint density at radius 3 is 2.56 bits per heavy atom. The molecular weight excluding hydrogens is 255 g/mol. The van der Waals surface area contributed by atoms with Crippen molar-refractivity contribution in [2.75, 3.05) is 11.9 Å². The molecule has 0 spiro atoms. The lowest BCUT2D eigenvalue weighted by molar-refractivity contribution is 0.281. The average molecular weight is 267 g/mol. The zero-order valence-electron chi connectivity index (χ0n) is 9.77. The first-order chi connectivity index (χ1) is 8.61. The van der Waals surface area contributed by atoms with Crippen LogP contribution in [0.25, 0.3) is 0 Å². The minimum atomic E-state index is -0.290. The lowest BCUT2D eigenvalue weighted by Gasteiger charge is -2.19. The van der Waals surface area contributed by atoms with Crippen molar-refractivity contribution in [3.63, 3.8) is 0 Å². The summed E-state index contributed by atoms with van der Waals surface area (Å²) in [4.78, 5) is 5.94. The lowest BCUT2D eigenvalue weighted by atomic mass is 10.2. The second kappa shape index (κ2) is 5.33. The lowest BCUT2D eigenvalue weighted by Crippen LogP contribution is -2.12. The number of anilines is 2. The minimum absolute atomic E-state index is 0.104. The maximum atomic E-state index is 12.8. The largest absolute Gasteiger partial charge is 0.392 e. The number of aliphatic hydroxyl groups excluding tert-OH is 1. The number of rotatable bonds is 3. The summed E-state index contributed by atoms with van der Waals surface area (Å²) in [6.07, 6.45) is 1.56. The molecule has 0 aliphatic heterocycles. The van der Waals surface area contributed by atoms with Crippen molar-refractivity contribution in [3.8, 4) is 0 Å². The Balaban J connectivity index is 2.33. The standard InChI is InChI=1S/C13H12ClFN2O/c1-17(11-4-2-10(15)3-5-11)13-12(14)6-9(8-18)7-16-13/h2-7,18H,8H2,1H3. The molecule has 0 bridgehead atoms. The summed E-state index contributed by atoms with van der Waals surface area (Å²) in [5, 5.41) is 9.42. The molecule has 1 N–H and O–H groups in total. The summed E-state index contributed by atoms with van der Waals surface area (Å²) >= 11 is 6.09. The van der Waals surface area contributed by atoms with E-state index in [-0.39, 0.29) is 12.4 Å². The third kappa shape index (κ3) is 2.60. The van der Waals surface area contributed by atoms with Gasteiger partial charge in [0.05, 0.1) is 11.6 Å². The average Bonchev–Trinajstić information content (AvgIpc) is 2.38. The van der Waals surface area contributed by atoms with Crippen molar-refractivity contribution in [1.82, 2.24) is 4.98 Å². The highest BCUT2D eigenvalue weighted by molar-refractivity contribution is 6.33. The van der Waals surface area contributed by atoms with Crippen LogP contribution < -0.4 is 4.90 Å². The normalized spacial score (nSPS) is 10.4. The van der Waals surface area contributed by atoms with Crippen molar-refractivity contribution in [3.05, 3.63) is 52.9 Å². The van der Waals surface area contributed by atoms with Gasteiger partial charge in [-0.1, -0.05) is 11.6 Å². The molecular formula is C13H12ClFN2O. The maximum Gasteiger partial charge on any atom is 0.151 e. The number of nitrogens with zero attached hydrogens (tertiary/aromatic N) is 2. The highest BCUT2D eigenvalue weighted by Gasteiger charge is 2.10. The van der Waals surface area contributed by atoms with E-state index in [0.717, 1.165) is 5.69 Å². The molecule has 0 saturated carbocycles. The van der Waals surface area contributed by atoms with Gasteiger partial charge in [0.2, 0.25) is 0 Å². The number of hydrogen-bond donors (Lipinski definition) is 1. The monoisotopic (exact) mass is 266 g/mol. The van der Waals surface area contributed by atoms with Crippen molar-refractivity contribution in [2.24, 2.45) is 0 Å². The van der Waals surface area contributed by atoms with E-state index in [1.807, 2.05) is 0 Å². The Labute approximate surface area is 109 Å². The van der Waals surface area contributed by atoms with Gasteiger partial charge in [-0.25, -0.2) is 9.37 Å². The molecule has 1 aromatic heterocycles. The second-order valence-corrected chi connectivity index (χ2v) is 4.25. The summed E-state index contributed by atoms with van der Waals surface area (Å²) < 4.78 is 12.8. The fraction of sp³-hybridized carbons (Fsp3) is 0.154. The van der Waals surface area contributed by atoms with Crippen LogP contribution in [0.3, 0.4) is 0 Å². The third-order valence-corrected chi connectivity index (χ3v) is 2.87. The number of hydrogen-bond acceptors (Lipinski definition) is 3. The molecule has 2 rings (SSSR count). The van der Waals surface area contributed by atoms with Crippen LogP contribution >= 0.6 is 11.6 Å². The van der Waals surface area contributed by atoms with Gasteiger partial charge in [-0.05, 0) is 35.9 Å². The molecule has 0 aliphatic rings. The highest BCUT2D eigenvalue weighted by Crippen LogP contribution is 2.29. The fourth-order valence-corrected chi connectivity index (χ4v) is 1.91. The van der Waals surface area contributed by atoms with Gasteiger partial charge in [-0.2, -0.15) is 0 Å². The van der Waals surface area contributed by atoms with E-state index in [1.165, 1.54) is 12.1 Å². The second-order valence-electron chi connectivity index (χ2n) is 3.84. The zero-order chi connectivity index (χ0) is 13.1. The van der Waals surface area contributed by atoms with Crippen LogP contribution in [0.4, 0.5) is 15.9 Å². The molecule has 18 heavy (non-hydrogen) atoms. The smallest absolute Gasteiger partial charge is 0.151 e. The molecule has 5 heteroatoms. The van der Waals surface area contributed by atoms with Gasteiger partial charge in [-0.15, -0.1) is 0 Å². The molecule has 1 aromatic carbocycles. The highest BCUT2D eigenvalue weighted by atomic mass is 35.5. The fourth-order valence-electron chi connectivity index (χ4n) is 1.59. The number of aliphatic hydroxyl groups is 1. The van der Waals surface area contributed by atoms with Crippen LogP contribution in [0.5, 0.6) is 0 Å². The SMILES string of the molecule is CN(c1ccc(F)cc1)c1ncc(CO)cc1Cl. The van der Waals surface area contributed by atoms with Crippen molar-refractivity contribution in [2.45, 2.75) is 6.61 Å². The summed E-state index contributed by atoms with van der Waals surface area (Å²) in [6, 6.07) is 7.70. The quantitative estimate of drug-likeness (QED) is 0.927. The van der Waals surface area contributed by atoms with E-state index in [9.17, 15) is 4.39 Å². The molecule has 2 aromatic rings. The van der Waals surface area contributed by atoms with E-state index in [2.05, 4.69) is 4.98 Å². The Bertz CT molecular complexity index is 545. The molecule has 0 atom stereocenters. The minimum Gasteiger partial charge on any atom is -0.392 e. The first-order valence-electron chi connectivity index (χ1n) is 5.36.